The van der Waals surface area contributed by atoms with Crippen molar-refractivity contribution in [2.45, 2.75) is 38.8 Å². The van der Waals surface area contributed by atoms with Gasteiger partial charge in [-0.3, -0.25) is 4.79 Å². The number of carbonyl (C=O) groups is 1. The minimum atomic E-state index is -0.588. The topological polar surface area (TPSA) is 58.6 Å². The molecule has 5 heteroatoms. The Labute approximate surface area is 118 Å². The molecule has 2 unspecified atom stereocenters. The molecule has 0 aliphatic rings. The largest absolute Gasteiger partial charge is 0.481 e. The number of rotatable bonds is 7. The summed E-state index contributed by atoms with van der Waals surface area (Å²) in [6.45, 7) is 3.73. The van der Waals surface area contributed by atoms with E-state index in [9.17, 15) is 4.79 Å². The molecule has 19 heavy (non-hydrogen) atoms. The molecule has 0 saturated carbocycles. The van der Waals surface area contributed by atoms with Gasteiger partial charge in [-0.1, -0.05) is 17.7 Å². The smallest absolute Gasteiger partial charge is 0.260 e. The molecule has 1 amide bonds. The van der Waals surface area contributed by atoms with Gasteiger partial charge >= 0.3 is 0 Å². The Kier molecular flexibility index (Phi) is 6.67. The molecular formula is C14H20ClNO3. The van der Waals surface area contributed by atoms with Crippen LogP contribution in [0.15, 0.2) is 24.3 Å². The van der Waals surface area contributed by atoms with E-state index in [1.807, 2.05) is 6.92 Å². The van der Waals surface area contributed by atoms with E-state index in [0.29, 0.717) is 17.2 Å². The molecule has 0 aliphatic carbocycles. The molecule has 1 aromatic rings. The second-order valence-corrected chi connectivity index (χ2v) is 4.93. The number of hydrogen-bond donors (Lipinski definition) is 2. The molecule has 0 bridgehead atoms. The molecule has 1 aromatic carbocycles. The standard InChI is InChI=1S/C14H20ClNO3/c1-10(5-4-8-17)16-14(18)11(2)19-13-7-3-6-12(15)9-13/h3,6-7,9-11,17H,4-5,8H2,1-2H3,(H,16,18). The van der Waals surface area contributed by atoms with Gasteiger partial charge in [-0.15, -0.1) is 0 Å². The molecule has 0 aliphatic heterocycles. The Morgan fingerprint density at radius 2 is 2.21 bits per heavy atom. The first-order valence-electron chi connectivity index (χ1n) is 6.36. The van der Waals surface area contributed by atoms with Gasteiger partial charge in [-0.2, -0.15) is 0 Å². The summed E-state index contributed by atoms with van der Waals surface area (Å²) < 4.78 is 5.52. The van der Waals surface area contributed by atoms with Crippen LogP contribution in [0.3, 0.4) is 0 Å². The van der Waals surface area contributed by atoms with Crippen LogP contribution in [0.2, 0.25) is 5.02 Å². The first-order valence-corrected chi connectivity index (χ1v) is 6.74. The molecule has 0 heterocycles. The number of halogens is 1. The van der Waals surface area contributed by atoms with Crippen LogP contribution in [0.5, 0.6) is 5.75 Å². The van der Waals surface area contributed by atoms with Crippen molar-refractivity contribution < 1.29 is 14.6 Å². The molecule has 4 nitrogen and oxygen atoms in total. The average Bonchev–Trinajstić information content (AvgIpc) is 2.36. The van der Waals surface area contributed by atoms with Crippen molar-refractivity contribution in [2.75, 3.05) is 6.61 Å². The number of hydrogen-bond acceptors (Lipinski definition) is 3. The van der Waals surface area contributed by atoms with Crippen LogP contribution in [0.4, 0.5) is 0 Å². The minimum absolute atomic E-state index is 0.0186. The number of aliphatic hydroxyl groups excluding tert-OH is 1. The van der Waals surface area contributed by atoms with Gasteiger partial charge in [0, 0.05) is 17.7 Å². The van der Waals surface area contributed by atoms with Crippen molar-refractivity contribution in [3.63, 3.8) is 0 Å². The number of carbonyl (C=O) groups excluding carboxylic acids is 1. The molecule has 106 valence electrons. The Morgan fingerprint density at radius 3 is 2.84 bits per heavy atom. The Morgan fingerprint density at radius 1 is 1.47 bits per heavy atom. The van der Waals surface area contributed by atoms with Crippen LogP contribution in [0.25, 0.3) is 0 Å². The highest BCUT2D eigenvalue weighted by Crippen LogP contribution is 2.18. The summed E-state index contributed by atoms with van der Waals surface area (Å²) in [6.07, 6.45) is 0.826. The third kappa shape index (κ3) is 5.94. The first-order chi connectivity index (χ1) is 9.02. The van der Waals surface area contributed by atoms with E-state index in [1.165, 1.54) is 0 Å². The van der Waals surface area contributed by atoms with Crippen molar-refractivity contribution in [2.24, 2.45) is 0 Å². The molecule has 1 rings (SSSR count). The second kappa shape index (κ2) is 8.02. The van der Waals surface area contributed by atoms with Crippen LogP contribution in [-0.2, 0) is 4.79 Å². The number of ether oxygens (including phenoxy) is 1. The molecule has 0 spiro atoms. The van der Waals surface area contributed by atoms with Gasteiger partial charge in [0.1, 0.15) is 5.75 Å². The van der Waals surface area contributed by atoms with Crippen LogP contribution < -0.4 is 10.1 Å². The van der Waals surface area contributed by atoms with E-state index >= 15 is 0 Å². The van der Waals surface area contributed by atoms with Gasteiger partial charge in [0.15, 0.2) is 6.10 Å². The summed E-state index contributed by atoms with van der Waals surface area (Å²) in [5.41, 5.74) is 0. The van der Waals surface area contributed by atoms with Gasteiger partial charge in [0.05, 0.1) is 0 Å². The third-order valence-corrected chi connectivity index (χ3v) is 2.90. The van der Waals surface area contributed by atoms with Crippen LogP contribution >= 0.6 is 11.6 Å². The van der Waals surface area contributed by atoms with Crippen LogP contribution in [0, 0.1) is 0 Å². The fraction of sp³-hybridized carbons (Fsp3) is 0.500. The predicted molar refractivity (Wildman–Crippen MR) is 75.5 cm³/mol. The highest BCUT2D eigenvalue weighted by molar-refractivity contribution is 6.30. The van der Waals surface area contributed by atoms with Crippen molar-refractivity contribution in [3.8, 4) is 5.75 Å². The zero-order valence-electron chi connectivity index (χ0n) is 11.2. The Balaban J connectivity index is 2.44. The number of amides is 1. The van der Waals surface area contributed by atoms with E-state index in [1.54, 1.807) is 31.2 Å². The maximum atomic E-state index is 11.9. The molecule has 2 atom stereocenters. The summed E-state index contributed by atoms with van der Waals surface area (Å²) in [7, 11) is 0. The highest BCUT2D eigenvalue weighted by Gasteiger charge is 2.16. The van der Waals surface area contributed by atoms with Gasteiger partial charge in [0.2, 0.25) is 0 Å². The highest BCUT2D eigenvalue weighted by atomic mass is 35.5. The molecule has 0 saturated heterocycles. The predicted octanol–water partition coefficient (Wildman–Crippen LogP) is 2.38. The number of benzene rings is 1. The minimum Gasteiger partial charge on any atom is -0.481 e. The lowest BCUT2D eigenvalue weighted by Gasteiger charge is -2.18. The lowest BCUT2D eigenvalue weighted by Crippen LogP contribution is -2.41. The van der Waals surface area contributed by atoms with Crippen LogP contribution in [0.1, 0.15) is 26.7 Å². The van der Waals surface area contributed by atoms with Crippen molar-refractivity contribution in [1.29, 1.82) is 0 Å². The first kappa shape index (κ1) is 15.8. The van der Waals surface area contributed by atoms with Gasteiger partial charge in [-0.25, -0.2) is 0 Å². The lowest BCUT2D eigenvalue weighted by molar-refractivity contribution is -0.127. The van der Waals surface area contributed by atoms with E-state index in [4.69, 9.17) is 21.4 Å². The van der Waals surface area contributed by atoms with E-state index < -0.39 is 6.10 Å². The molecule has 0 aromatic heterocycles. The molecule has 2 N–H and O–H groups in total. The number of aliphatic hydroxyl groups is 1. The van der Waals surface area contributed by atoms with Gasteiger partial charge < -0.3 is 15.2 Å². The van der Waals surface area contributed by atoms with Crippen molar-refractivity contribution in [1.82, 2.24) is 5.32 Å². The second-order valence-electron chi connectivity index (χ2n) is 4.49. The lowest BCUT2D eigenvalue weighted by atomic mass is 10.2. The zero-order valence-corrected chi connectivity index (χ0v) is 12.0. The summed E-state index contributed by atoms with van der Waals surface area (Å²) >= 11 is 5.85. The van der Waals surface area contributed by atoms with E-state index in [-0.39, 0.29) is 18.6 Å². The average molecular weight is 286 g/mol. The molecule has 0 radical (unpaired) electrons. The van der Waals surface area contributed by atoms with Crippen LogP contribution in [-0.4, -0.2) is 29.8 Å². The van der Waals surface area contributed by atoms with E-state index in [2.05, 4.69) is 5.32 Å². The fourth-order valence-electron chi connectivity index (χ4n) is 1.63. The summed E-state index contributed by atoms with van der Waals surface area (Å²) in [5, 5.41) is 12.1. The van der Waals surface area contributed by atoms with Gasteiger partial charge in [-0.05, 0) is 44.9 Å². The summed E-state index contributed by atoms with van der Waals surface area (Å²) in [6, 6.07) is 6.96. The van der Waals surface area contributed by atoms with Crippen molar-refractivity contribution >= 4 is 17.5 Å². The quantitative estimate of drug-likeness (QED) is 0.809. The number of nitrogens with one attached hydrogen (secondary N) is 1. The monoisotopic (exact) mass is 285 g/mol. The summed E-state index contributed by atoms with van der Waals surface area (Å²) in [4.78, 5) is 11.9. The fourth-order valence-corrected chi connectivity index (χ4v) is 1.81. The summed E-state index contributed by atoms with van der Waals surface area (Å²) in [5.74, 6) is 0.392. The zero-order chi connectivity index (χ0) is 14.3. The maximum absolute atomic E-state index is 11.9. The molecular weight excluding hydrogens is 266 g/mol. The Hall–Kier alpha value is -1.26. The Bertz CT molecular complexity index is 411. The normalized spacial score (nSPS) is 13.7. The SMILES string of the molecule is CC(CCCO)NC(=O)C(C)Oc1cccc(Cl)c1. The van der Waals surface area contributed by atoms with E-state index in [0.717, 1.165) is 6.42 Å². The van der Waals surface area contributed by atoms with Gasteiger partial charge in [0.25, 0.3) is 5.91 Å². The third-order valence-electron chi connectivity index (χ3n) is 2.66. The maximum Gasteiger partial charge on any atom is 0.260 e. The molecule has 0 fully saturated rings. The van der Waals surface area contributed by atoms with Crippen molar-refractivity contribution in [3.05, 3.63) is 29.3 Å².